The van der Waals surface area contributed by atoms with Crippen molar-refractivity contribution in [3.63, 3.8) is 0 Å². The van der Waals surface area contributed by atoms with E-state index in [0.29, 0.717) is 19.4 Å². The Morgan fingerprint density at radius 2 is 1.84 bits per heavy atom. The quantitative estimate of drug-likeness (QED) is 0.802. The van der Waals surface area contributed by atoms with E-state index in [1.807, 2.05) is 6.92 Å². The zero-order chi connectivity index (χ0) is 14.1. The monoisotopic (exact) mass is 289 g/mol. The highest BCUT2D eigenvalue weighted by Crippen LogP contribution is 2.38. The molecule has 1 saturated carbocycles. The van der Waals surface area contributed by atoms with E-state index in [0.717, 1.165) is 25.7 Å². The Morgan fingerprint density at radius 1 is 1.26 bits per heavy atom. The van der Waals surface area contributed by atoms with Gasteiger partial charge in [0.1, 0.15) is 0 Å². The predicted molar refractivity (Wildman–Crippen MR) is 72.3 cm³/mol. The molecule has 1 aliphatic heterocycles. The van der Waals surface area contributed by atoms with Crippen LogP contribution in [0.25, 0.3) is 0 Å². The van der Waals surface area contributed by atoms with E-state index < -0.39 is 21.4 Å². The molecular formula is C13H23NO4S. The molecule has 2 aliphatic rings. The summed E-state index contributed by atoms with van der Waals surface area (Å²) in [7, 11) is -3.25. The molecule has 19 heavy (non-hydrogen) atoms. The second kappa shape index (κ2) is 5.40. The van der Waals surface area contributed by atoms with Crippen LogP contribution in [0.3, 0.4) is 0 Å². The first-order chi connectivity index (χ1) is 8.86. The first-order valence-electron chi connectivity index (χ1n) is 7.07. The van der Waals surface area contributed by atoms with Gasteiger partial charge in [-0.15, -0.1) is 0 Å². The van der Waals surface area contributed by atoms with Crippen LogP contribution in [0, 0.1) is 11.3 Å². The molecule has 1 heterocycles. The van der Waals surface area contributed by atoms with Crippen LogP contribution in [0.4, 0.5) is 0 Å². The van der Waals surface area contributed by atoms with E-state index in [4.69, 9.17) is 0 Å². The maximum absolute atomic E-state index is 12.0. The highest BCUT2D eigenvalue weighted by Gasteiger charge is 2.45. The summed E-state index contributed by atoms with van der Waals surface area (Å²) < 4.78 is 25.5. The van der Waals surface area contributed by atoms with Crippen molar-refractivity contribution in [2.45, 2.75) is 45.4 Å². The van der Waals surface area contributed by atoms with E-state index in [2.05, 4.69) is 0 Å². The third-order valence-corrected chi connectivity index (χ3v) is 6.45. The standard InChI is InChI=1S/C13H23NO4S/c1-11-8-14(19(17,18)9-11)10-13(12(15)16)6-4-2-3-5-7-13/h11H,2-10H2,1H3,(H,15,16). The van der Waals surface area contributed by atoms with Crippen LogP contribution in [0.15, 0.2) is 0 Å². The summed E-state index contributed by atoms with van der Waals surface area (Å²) in [5.41, 5.74) is -0.867. The van der Waals surface area contributed by atoms with Crippen LogP contribution in [0.5, 0.6) is 0 Å². The van der Waals surface area contributed by atoms with E-state index in [9.17, 15) is 18.3 Å². The zero-order valence-electron chi connectivity index (χ0n) is 11.5. The highest BCUT2D eigenvalue weighted by molar-refractivity contribution is 7.89. The zero-order valence-corrected chi connectivity index (χ0v) is 12.3. The van der Waals surface area contributed by atoms with Gasteiger partial charge in [-0.25, -0.2) is 12.7 Å². The number of nitrogens with zero attached hydrogens (tertiary/aromatic N) is 1. The van der Waals surface area contributed by atoms with Gasteiger partial charge in [0.15, 0.2) is 0 Å². The minimum Gasteiger partial charge on any atom is -0.481 e. The molecule has 5 nitrogen and oxygen atoms in total. The third-order valence-electron chi connectivity index (χ3n) is 4.40. The number of carbonyl (C=O) groups is 1. The molecule has 0 spiro atoms. The maximum atomic E-state index is 12.0. The summed E-state index contributed by atoms with van der Waals surface area (Å²) in [4.78, 5) is 11.7. The molecular weight excluding hydrogens is 266 g/mol. The Labute approximate surface area is 115 Å². The summed E-state index contributed by atoms with van der Waals surface area (Å²) in [6.45, 7) is 2.53. The van der Waals surface area contributed by atoms with Gasteiger partial charge in [0.25, 0.3) is 0 Å². The largest absolute Gasteiger partial charge is 0.481 e. The van der Waals surface area contributed by atoms with Crippen LogP contribution in [0.2, 0.25) is 0 Å². The number of aliphatic carboxylic acids is 1. The number of carboxylic acids is 1. The van der Waals surface area contributed by atoms with Crippen molar-refractivity contribution < 1.29 is 18.3 Å². The smallest absolute Gasteiger partial charge is 0.310 e. The fourth-order valence-corrected chi connectivity index (χ4v) is 5.29. The van der Waals surface area contributed by atoms with E-state index >= 15 is 0 Å². The lowest BCUT2D eigenvalue weighted by atomic mass is 9.80. The summed E-state index contributed by atoms with van der Waals surface area (Å²) in [5.74, 6) is -0.575. The maximum Gasteiger partial charge on any atom is 0.310 e. The van der Waals surface area contributed by atoms with Crippen molar-refractivity contribution in [2.75, 3.05) is 18.8 Å². The highest BCUT2D eigenvalue weighted by atomic mass is 32.2. The van der Waals surface area contributed by atoms with Gasteiger partial charge < -0.3 is 5.11 Å². The first kappa shape index (κ1) is 14.8. The molecule has 1 unspecified atom stereocenters. The van der Waals surface area contributed by atoms with Gasteiger partial charge in [-0.05, 0) is 18.8 Å². The number of sulfonamides is 1. The molecule has 1 aliphatic carbocycles. The Bertz CT molecular complexity index is 438. The predicted octanol–water partition coefficient (Wildman–Crippen LogP) is 1.69. The molecule has 1 atom stereocenters. The Kier molecular flexibility index (Phi) is 4.20. The van der Waals surface area contributed by atoms with Gasteiger partial charge in [-0.1, -0.05) is 32.6 Å². The topological polar surface area (TPSA) is 74.7 Å². The van der Waals surface area contributed by atoms with Crippen molar-refractivity contribution >= 4 is 16.0 Å². The van der Waals surface area contributed by atoms with Crippen LogP contribution in [-0.4, -0.2) is 42.6 Å². The lowest BCUT2D eigenvalue weighted by Crippen LogP contribution is -2.43. The van der Waals surface area contributed by atoms with E-state index in [1.54, 1.807) is 0 Å². The molecule has 110 valence electrons. The number of hydrogen-bond donors (Lipinski definition) is 1. The molecule has 0 radical (unpaired) electrons. The van der Waals surface area contributed by atoms with Crippen molar-refractivity contribution in [3.05, 3.63) is 0 Å². The van der Waals surface area contributed by atoms with Crippen molar-refractivity contribution in [2.24, 2.45) is 11.3 Å². The second-order valence-corrected chi connectivity index (χ2v) is 8.19. The van der Waals surface area contributed by atoms with Gasteiger partial charge in [0.2, 0.25) is 10.0 Å². The molecule has 1 N–H and O–H groups in total. The van der Waals surface area contributed by atoms with Crippen LogP contribution in [0.1, 0.15) is 45.4 Å². The minimum absolute atomic E-state index is 0.0987. The molecule has 0 aromatic heterocycles. The second-order valence-electron chi connectivity index (χ2n) is 6.18. The number of carboxylic acid groups (broad SMARTS) is 1. The molecule has 1 saturated heterocycles. The third kappa shape index (κ3) is 3.11. The average Bonchev–Trinajstić information content (AvgIpc) is 2.51. The van der Waals surface area contributed by atoms with Crippen molar-refractivity contribution in [3.8, 4) is 0 Å². The molecule has 0 amide bonds. The van der Waals surface area contributed by atoms with Crippen molar-refractivity contribution in [1.29, 1.82) is 0 Å². The van der Waals surface area contributed by atoms with Gasteiger partial charge >= 0.3 is 5.97 Å². The lowest BCUT2D eigenvalue weighted by Gasteiger charge is -2.31. The summed E-state index contributed by atoms with van der Waals surface area (Å²) in [6, 6.07) is 0. The molecule has 2 fully saturated rings. The van der Waals surface area contributed by atoms with Crippen molar-refractivity contribution in [1.82, 2.24) is 4.31 Å². The lowest BCUT2D eigenvalue weighted by molar-refractivity contribution is -0.150. The first-order valence-corrected chi connectivity index (χ1v) is 8.68. The number of hydrogen-bond acceptors (Lipinski definition) is 3. The van der Waals surface area contributed by atoms with Gasteiger partial charge in [-0.3, -0.25) is 4.79 Å². The average molecular weight is 289 g/mol. The van der Waals surface area contributed by atoms with Crippen LogP contribution in [-0.2, 0) is 14.8 Å². The van der Waals surface area contributed by atoms with Gasteiger partial charge in [0.05, 0.1) is 11.2 Å². The molecule has 0 bridgehead atoms. The van der Waals surface area contributed by atoms with Crippen LogP contribution >= 0.6 is 0 Å². The minimum atomic E-state index is -3.25. The van der Waals surface area contributed by atoms with Gasteiger partial charge in [-0.2, -0.15) is 0 Å². The number of rotatable bonds is 3. The van der Waals surface area contributed by atoms with Gasteiger partial charge in [0, 0.05) is 13.1 Å². The molecule has 0 aromatic carbocycles. The van der Waals surface area contributed by atoms with E-state index in [-0.39, 0.29) is 18.2 Å². The normalized spacial score (nSPS) is 30.9. The summed E-state index contributed by atoms with van der Waals surface area (Å²) in [6.07, 6.45) is 5.08. The fraction of sp³-hybridized carbons (Fsp3) is 0.923. The van der Waals surface area contributed by atoms with E-state index in [1.165, 1.54) is 4.31 Å². The fourth-order valence-electron chi connectivity index (χ4n) is 3.32. The Morgan fingerprint density at radius 3 is 2.26 bits per heavy atom. The summed E-state index contributed by atoms with van der Waals surface area (Å²) >= 11 is 0. The van der Waals surface area contributed by atoms with Crippen LogP contribution < -0.4 is 0 Å². The Balaban J connectivity index is 2.19. The summed E-state index contributed by atoms with van der Waals surface area (Å²) in [5, 5.41) is 9.59. The molecule has 0 aromatic rings. The molecule has 6 heteroatoms. The molecule has 2 rings (SSSR count). The SMILES string of the molecule is CC1CN(CC2(C(=O)O)CCCCCC2)S(=O)(=O)C1. The Hall–Kier alpha value is -0.620.